The highest BCUT2D eigenvalue weighted by atomic mass is 35.5. The van der Waals surface area contributed by atoms with Crippen molar-refractivity contribution in [3.05, 3.63) is 64.1 Å². The van der Waals surface area contributed by atoms with Crippen LogP contribution in [-0.2, 0) is 21.0 Å². The van der Waals surface area contributed by atoms with Gasteiger partial charge in [0.1, 0.15) is 0 Å². The first-order chi connectivity index (χ1) is 12.0. The molecule has 25 heavy (non-hydrogen) atoms. The van der Waals surface area contributed by atoms with Gasteiger partial charge in [0.25, 0.3) is 0 Å². The maximum Gasteiger partial charge on any atom is 0.248 e. The van der Waals surface area contributed by atoms with E-state index < -0.39 is 5.92 Å². The van der Waals surface area contributed by atoms with E-state index in [1.165, 1.54) is 4.90 Å². The first-order valence-electron chi connectivity index (χ1n) is 7.75. The van der Waals surface area contributed by atoms with Crippen molar-refractivity contribution in [3.8, 4) is 0 Å². The molecule has 0 unspecified atom stereocenters. The van der Waals surface area contributed by atoms with Crippen LogP contribution in [0.15, 0.2) is 48.5 Å². The molecule has 0 aliphatic carbocycles. The molecule has 1 N–H and O–H groups in total. The first-order valence-corrected chi connectivity index (χ1v) is 8.50. The number of benzene rings is 2. The summed E-state index contributed by atoms with van der Waals surface area (Å²) in [6.45, 7) is 0.525. The molecule has 2 aromatic carbocycles. The van der Waals surface area contributed by atoms with Crippen LogP contribution in [0.3, 0.4) is 0 Å². The largest absolute Gasteiger partial charge is 0.311 e. The van der Waals surface area contributed by atoms with Gasteiger partial charge in [-0.2, -0.15) is 0 Å². The second kappa shape index (κ2) is 7.87. The molecule has 0 aromatic heterocycles. The molecular formula is C18H16Cl2N2O3. The maximum absolute atomic E-state index is 12.2. The van der Waals surface area contributed by atoms with Crippen molar-refractivity contribution in [2.45, 2.75) is 13.0 Å². The van der Waals surface area contributed by atoms with Crippen LogP contribution in [0.2, 0.25) is 10.0 Å². The standard InChI is InChI=1S/C18H16Cl2N2O3/c19-14-7-15(20)9-16(8-14)22-10-13(6-17(22)23)18(24)21-25-11-12-4-2-1-3-5-12/h1-5,7-9,13H,6,10-11H2,(H,21,24)/t13-/m1/s1. The lowest BCUT2D eigenvalue weighted by Crippen LogP contribution is -2.33. The molecule has 1 heterocycles. The summed E-state index contributed by atoms with van der Waals surface area (Å²) in [7, 11) is 0. The lowest BCUT2D eigenvalue weighted by atomic mass is 10.1. The number of rotatable bonds is 5. The van der Waals surface area contributed by atoms with Gasteiger partial charge in [0.05, 0.1) is 12.5 Å². The second-order valence-electron chi connectivity index (χ2n) is 5.77. The minimum absolute atomic E-state index is 0.116. The summed E-state index contributed by atoms with van der Waals surface area (Å²) in [5, 5.41) is 0.879. The lowest BCUT2D eigenvalue weighted by Gasteiger charge is -2.17. The monoisotopic (exact) mass is 378 g/mol. The molecular weight excluding hydrogens is 363 g/mol. The van der Waals surface area contributed by atoms with Crippen LogP contribution in [-0.4, -0.2) is 18.4 Å². The topological polar surface area (TPSA) is 58.6 Å². The number of amides is 2. The summed E-state index contributed by atoms with van der Waals surface area (Å²) in [6, 6.07) is 14.4. The highest BCUT2D eigenvalue weighted by Crippen LogP contribution is 2.30. The van der Waals surface area contributed by atoms with Crippen LogP contribution in [0.25, 0.3) is 0 Å². The fourth-order valence-corrected chi connectivity index (χ4v) is 3.19. The van der Waals surface area contributed by atoms with Crippen molar-refractivity contribution < 1.29 is 14.4 Å². The number of hydroxylamine groups is 1. The van der Waals surface area contributed by atoms with Crippen LogP contribution in [0, 0.1) is 5.92 Å². The number of hydrogen-bond acceptors (Lipinski definition) is 3. The summed E-state index contributed by atoms with van der Waals surface area (Å²) in [4.78, 5) is 31.2. The Morgan fingerprint density at radius 1 is 1.16 bits per heavy atom. The van der Waals surface area contributed by atoms with E-state index in [9.17, 15) is 9.59 Å². The average Bonchev–Trinajstić information content (AvgIpc) is 2.97. The van der Waals surface area contributed by atoms with E-state index in [0.29, 0.717) is 15.7 Å². The van der Waals surface area contributed by atoms with E-state index in [1.807, 2.05) is 30.3 Å². The Labute approximate surface area is 155 Å². The summed E-state index contributed by atoms with van der Waals surface area (Å²) in [5.74, 6) is -0.956. The Kier molecular flexibility index (Phi) is 5.58. The molecule has 0 bridgehead atoms. The van der Waals surface area contributed by atoms with E-state index in [2.05, 4.69) is 5.48 Å². The zero-order valence-corrected chi connectivity index (χ0v) is 14.8. The van der Waals surface area contributed by atoms with E-state index in [1.54, 1.807) is 18.2 Å². The van der Waals surface area contributed by atoms with E-state index in [0.717, 1.165) is 5.56 Å². The third kappa shape index (κ3) is 4.51. The molecule has 5 nitrogen and oxygen atoms in total. The predicted molar refractivity (Wildman–Crippen MR) is 96.3 cm³/mol. The number of carbonyl (C=O) groups excluding carboxylic acids is 2. The first kappa shape index (κ1) is 17.7. The van der Waals surface area contributed by atoms with Gasteiger partial charge >= 0.3 is 0 Å². The van der Waals surface area contributed by atoms with Crippen molar-refractivity contribution in [3.63, 3.8) is 0 Å². The average molecular weight is 379 g/mol. The zero-order valence-electron chi connectivity index (χ0n) is 13.2. The normalized spacial score (nSPS) is 17.0. The molecule has 130 valence electrons. The third-order valence-electron chi connectivity index (χ3n) is 3.91. The summed E-state index contributed by atoms with van der Waals surface area (Å²) in [6.07, 6.45) is 0.116. The molecule has 1 aliphatic heterocycles. The molecule has 3 rings (SSSR count). The number of nitrogens with one attached hydrogen (secondary N) is 1. The molecule has 7 heteroatoms. The highest BCUT2D eigenvalue weighted by molar-refractivity contribution is 6.35. The van der Waals surface area contributed by atoms with Gasteiger partial charge in [0, 0.05) is 28.7 Å². The number of hydrogen-bond donors (Lipinski definition) is 1. The molecule has 1 atom stereocenters. The van der Waals surface area contributed by atoms with E-state index in [4.69, 9.17) is 28.0 Å². The van der Waals surface area contributed by atoms with Gasteiger partial charge in [-0.05, 0) is 23.8 Å². The van der Waals surface area contributed by atoms with Gasteiger partial charge in [0.2, 0.25) is 11.8 Å². The lowest BCUT2D eigenvalue weighted by molar-refractivity contribution is -0.138. The van der Waals surface area contributed by atoms with Crippen molar-refractivity contribution in [1.82, 2.24) is 5.48 Å². The Morgan fingerprint density at radius 2 is 1.84 bits per heavy atom. The van der Waals surface area contributed by atoms with Gasteiger partial charge in [0.15, 0.2) is 0 Å². The SMILES string of the molecule is O=C(NOCc1ccccc1)[C@@H]1CC(=O)N(c2cc(Cl)cc(Cl)c2)C1. The van der Waals surface area contributed by atoms with Crippen molar-refractivity contribution in [1.29, 1.82) is 0 Å². The molecule has 2 amide bonds. The molecule has 0 saturated carbocycles. The smallest absolute Gasteiger partial charge is 0.248 e. The zero-order chi connectivity index (χ0) is 17.8. The minimum Gasteiger partial charge on any atom is -0.311 e. The molecule has 1 fully saturated rings. The van der Waals surface area contributed by atoms with E-state index in [-0.39, 0.29) is 31.4 Å². The van der Waals surface area contributed by atoms with Crippen LogP contribution < -0.4 is 10.4 Å². The van der Waals surface area contributed by atoms with Gasteiger partial charge in [-0.1, -0.05) is 53.5 Å². The number of halogens is 2. The number of nitrogens with zero attached hydrogens (tertiary/aromatic N) is 1. The van der Waals surface area contributed by atoms with Gasteiger partial charge in [-0.25, -0.2) is 5.48 Å². The van der Waals surface area contributed by atoms with Crippen molar-refractivity contribution >= 4 is 40.7 Å². The molecule has 2 aromatic rings. The Bertz CT molecular complexity index is 763. The maximum atomic E-state index is 12.2. The molecule has 0 radical (unpaired) electrons. The molecule has 0 spiro atoms. The quantitative estimate of drug-likeness (QED) is 0.808. The second-order valence-corrected chi connectivity index (χ2v) is 6.65. The predicted octanol–water partition coefficient (Wildman–Crippen LogP) is 3.59. The molecule has 1 aliphatic rings. The Hall–Kier alpha value is -2.08. The third-order valence-corrected chi connectivity index (χ3v) is 4.35. The van der Waals surface area contributed by atoms with Gasteiger partial charge < -0.3 is 4.90 Å². The van der Waals surface area contributed by atoms with Crippen LogP contribution in [0.1, 0.15) is 12.0 Å². The fourth-order valence-electron chi connectivity index (χ4n) is 2.68. The van der Waals surface area contributed by atoms with Gasteiger partial charge in [-0.15, -0.1) is 0 Å². The number of anilines is 1. The molecule has 1 saturated heterocycles. The Morgan fingerprint density at radius 3 is 2.52 bits per heavy atom. The summed E-state index contributed by atoms with van der Waals surface area (Å²) >= 11 is 12.0. The van der Waals surface area contributed by atoms with Crippen LogP contribution in [0.5, 0.6) is 0 Å². The minimum atomic E-state index is -0.485. The summed E-state index contributed by atoms with van der Waals surface area (Å²) in [5.41, 5.74) is 3.95. The van der Waals surface area contributed by atoms with E-state index >= 15 is 0 Å². The fraction of sp³-hybridized carbons (Fsp3) is 0.222. The number of carbonyl (C=O) groups is 2. The summed E-state index contributed by atoms with van der Waals surface area (Å²) < 4.78 is 0. The van der Waals surface area contributed by atoms with Crippen molar-refractivity contribution in [2.75, 3.05) is 11.4 Å². The highest BCUT2D eigenvalue weighted by Gasteiger charge is 2.35. The van der Waals surface area contributed by atoms with Crippen LogP contribution in [0.4, 0.5) is 5.69 Å². The van der Waals surface area contributed by atoms with Crippen LogP contribution >= 0.6 is 23.2 Å². The van der Waals surface area contributed by atoms with Gasteiger partial charge in [-0.3, -0.25) is 14.4 Å². The van der Waals surface area contributed by atoms with Crippen molar-refractivity contribution in [2.24, 2.45) is 5.92 Å². The Balaban J connectivity index is 1.57.